The number of rotatable bonds is 4. The van der Waals surface area contributed by atoms with Crippen molar-refractivity contribution in [2.45, 2.75) is 19.9 Å². The number of hydrogen-bond donors (Lipinski definition) is 1. The largest absolute Gasteiger partial charge is 0.380 e. The second-order valence-corrected chi connectivity index (χ2v) is 4.17. The lowest BCUT2D eigenvalue weighted by molar-refractivity contribution is 0.140. The van der Waals surface area contributed by atoms with E-state index in [0.29, 0.717) is 0 Å². The van der Waals surface area contributed by atoms with E-state index in [-0.39, 0.29) is 0 Å². The summed E-state index contributed by atoms with van der Waals surface area (Å²) in [6.07, 6.45) is 4.75. The van der Waals surface area contributed by atoms with Crippen molar-refractivity contribution in [1.82, 2.24) is 14.9 Å². The summed E-state index contributed by atoms with van der Waals surface area (Å²) in [5, 5.41) is 3.14. The summed E-state index contributed by atoms with van der Waals surface area (Å²) in [6.45, 7) is 7.55. The molecular weight excluding hydrogens is 216 g/mol. The van der Waals surface area contributed by atoms with Crippen molar-refractivity contribution in [3.63, 3.8) is 0 Å². The molecule has 0 bridgehead atoms. The number of nitrogens with zero attached hydrogens (tertiary/aromatic N) is 3. The van der Waals surface area contributed by atoms with Crippen LogP contribution in [0.25, 0.3) is 0 Å². The van der Waals surface area contributed by atoms with Gasteiger partial charge in [0.2, 0.25) is 0 Å². The Morgan fingerprint density at radius 1 is 1.29 bits per heavy atom. The van der Waals surface area contributed by atoms with Crippen LogP contribution in [0.1, 0.15) is 19.0 Å². The van der Waals surface area contributed by atoms with E-state index in [9.17, 15) is 0 Å². The molecule has 0 saturated carbocycles. The molecule has 1 N–H and O–H groups in total. The van der Waals surface area contributed by atoms with E-state index in [0.717, 1.165) is 57.3 Å². The molecule has 1 saturated heterocycles. The van der Waals surface area contributed by atoms with Crippen LogP contribution in [0.3, 0.4) is 0 Å². The van der Waals surface area contributed by atoms with E-state index in [4.69, 9.17) is 4.74 Å². The summed E-state index contributed by atoms with van der Waals surface area (Å²) in [5.41, 5.74) is 1.02. The van der Waals surface area contributed by atoms with Crippen molar-refractivity contribution < 1.29 is 4.74 Å². The normalized spacial score (nSPS) is 17.7. The highest BCUT2D eigenvalue weighted by Gasteiger charge is 2.10. The number of hydrogen-bond acceptors (Lipinski definition) is 5. The standard InChI is InChI=1S/C12H20N4O/c1-2-13-12-9-14-11(8-15-12)10-16-4-3-6-17-7-5-16/h8-9H,2-7,10H2,1H3,(H,13,15). The Morgan fingerprint density at radius 3 is 3.00 bits per heavy atom. The van der Waals surface area contributed by atoms with Crippen LogP contribution in [0, 0.1) is 0 Å². The van der Waals surface area contributed by atoms with Crippen LogP contribution >= 0.6 is 0 Å². The molecule has 5 heteroatoms. The van der Waals surface area contributed by atoms with E-state index in [1.165, 1.54) is 0 Å². The van der Waals surface area contributed by atoms with Crippen molar-refractivity contribution in [3.05, 3.63) is 18.1 Å². The highest BCUT2D eigenvalue weighted by molar-refractivity contribution is 5.30. The summed E-state index contributed by atoms with van der Waals surface area (Å²) >= 11 is 0. The molecule has 1 aliphatic heterocycles. The number of anilines is 1. The average Bonchev–Trinajstić information content (AvgIpc) is 2.61. The molecule has 1 aromatic heterocycles. The van der Waals surface area contributed by atoms with Gasteiger partial charge in [-0.3, -0.25) is 9.88 Å². The van der Waals surface area contributed by atoms with Crippen LogP contribution in [0.15, 0.2) is 12.4 Å². The van der Waals surface area contributed by atoms with Gasteiger partial charge in [0.1, 0.15) is 5.82 Å². The van der Waals surface area contributed by atoms with Crippen LogP contribution in [0.4, 0.5) is 5.82 Å². The molecule has 1 aliphatic rings. The first-order valence-electron chi connectivity index (χ1n) is 6.23. The van der Waals surface area contributed by atoms with Crippen molar-refractivity contribution in [2.75, 3.05) is 38.2 Å². The SMILES string of the molecule is CCNc1cnc(CN2CCCOCC2)cn1. The molecule has 1 aromatic rings. The summed E-state index contributed by atoms with van der Waals surface area (Å²) in [4.78, 5) is 11.1. The van der Waals surface area contributed by atoms with Crippen molar-refractivity contribution in [2.24, 2.45) is 0 Å². The second-order valence-electron chi connectivity index (χ2n) is 4.17. The van der Waals surface area contributed by atoms with Gasteiger partial charge in [0.15, 0.2) is 0 Å². The molecular formula is C12H20N4O. The van der Waals surface area contributed by atoms with Gasteiger partial charge in [0.05, 0.1) is 24.7 Å². The third-order valence-corrected chi connectivity index (χ3v) is 2.76. The molecule has 2 heterocycles. The number of ether oxygens (including phenoxy) is 1. The monoisotopic (exact) mass is 236 g/mol. The Morgan fingerprint density at radius 2 is 2.24 bits per heavy atom. The molecule has 0 amide bonds. The van der Waals surface area contributed by atoms with Gasteiger partial charge in [0, 0.05) is 32.8 Å². The maximum atomic E-state index is 5.43. The Bertz CT molecular complexity index is 320. The molecule has 17 heavy (non-hydrogen) atoms. The van der Waals surface area contributed by atoms with Gasteiger partial charge >= 0.3 is 0 Å². The van der Waals surface area contributed by atoms with Crippen LogP contribution < -0.4 is 5.32 Å². The summed E-state index contributed by atoms with van der Waals surface area (Å²) < 4.78 is 5.43. The molecule has 94 valence electrons. The van der Waals surface area contributed by atoms with E-state index in [1.807, 2.05) is 13.1 Å². The number of nitrogens with one attached hydrogen (secondary N) is 1. The lowest BCUT2D eigenvalue weighted by atomic mass is 10.3. The number of aromatic nitrogens is 2. The predicted octanol–water partition coefficient (Wildman–Crippen LogP) is 1.13. The van der Waals surface area contributed by atoms with E-state index in [2.05, 4.69) is 20.2 Å². The molecule has 1 fully saturated rings. The third kappa shape index (κ3) is 3.94. The fraction of sp³-hybridized carbons (Fsp3) is 0.667. The van der Waals surface area contributed by atoms with Gasteiger partial charge in [-0.25, -0.2) is 4.98 Å². The predicted molar refractivity (Wildman–Crippen MR) is 66.9 cm³/mol. The first-order chi connectivity index (χ1) is 8.38. The smallest absolute Gasteiger partial charge is 0.144 e. The zero-order valence-corrected chi connectivity index (χ0v) is 10.4. The first kappa shape index (κ1) is 12.3. The summed E-state index contributed by atoms with van der Waals surface area (Å²) in [6, 6.07) is 0. The first-order valence-corrected chi connectivity index (χ1v) is 6.23. The molecule has 2 rings (SSSR count). The van der Waals surface area contributed by atoms with Gasteiger partial charge in [-0.1, -0.05) is 0 Å². The van der Waals surface area contributed by atoms with Crippen LogP contribution in [0.5, 0.6) is 0 Å². The van der Waals surface area contributed by atoms with Crippen molar-refractivity contribution >= 4 is 5.82 Å². The van der Waals surface area contributed by atoms with Gasteiger partial charge in [-0.15, -0.1) is 0 Å². The van der Waals surface area contributed by atoms with Gasteiger partial charge in [0.25, 0.3) is 0 Å². The molecule has 0 aromatic carbocycles. The van der Waals surface area contributed by atoms with Crippen molar-refractivity contribution in [1.29, 1.82) is 0 Å². The topological polar surface area (TPSA) is 50.3 Å². The van der Waals surface area contributed by atoms with Crippen LogP contribution in [-0.4, -0.2) is 47.7 Å². The summed E-state index contributed by atoms with van der Waals surface area (Å²) in [5.74, 6) is 0.843. The average molecular weight is 236 g/mol. The molecule has 0 atom stereocenters. The molecule has 0 radical (unpaired) electrons. The Hall–Kier alpha value is -1.20. The lowest BCUT2D eigenvalue weighted by Gasteiger charge is -2.18. The maximum absolute atomic E-state index is 5.43. The minimum absolute atomic E-state index is 0.822. The van der Waals surface area contributed by atoms with Gasteiger partial charge < -0.3 is 10.1 Å². The minimum Gasteiger partial charge on any atom is -0.380 e. The fourth-order valence-electron chi connectivity index (χ4n) is 1.89. The molecule has 5 nitrogen and oxygen atoms in total. The molecule has 0 spiro atoms. The quantitative estimate of drug-likeness (QED) is 0.849. The van der Waals surface area contributed by atoms with E-state index >= 15 is 0 Å². The third-order valence-electron chi connectivity index (χ3n) is 2.76. The molecule has 0 aliphatic carbocycles. The summed E-state index contributed by atoms with van der Waals surface area (Å²) in [7, 11) is 0. The Labute approximate surface area is 102 Å². The Balaban J connectivity index is 1.88. The van der Waals surface area contributed by atoms with E-state index < -0.39 is 0 Å². The zero-order valence-electron chi connectivity index (χ0n) is 10.4. The maximum Gasteiger partial charge on any atom is 0.144 e. The van der Waals surface area contributed by atoms with Crippen LogP contribution in [0.2, 0.25) is 0 Å². The second kappa shape index (κ2) is 6.51. The minimum atomic E-state index is 0.822. The fourth-order valence-corrected chi connectivity index (χ4v) is 1.89. The zero-order chi connectivity index (χ0) is 11.9. The van der Waals surface area contributed by atoms with Gasteiger partial charge in [-0.2, -0.15) is 0 Å². The highest BCUT2D eigenvalue weighted by atomic mass is 16.5. The molecule has 0 unspecified atom stereocenters. The van der Waals surface area contributed by atoms with E-state index in [1.54, 1.807) is 6.20 Å². The van der Waals surface area contributed by atoms with Crippen molar-refractivity contribution in [3.8, 4) is 0 Å². The Kier molecular flexibility index (Phi) is 4.70. The lowest BCUT2D eigenvalue weighted by Crippen LogP contribution is -2.26. The highest BCUT2D eigenvalue weighted by Crippen LogP contribution is 2.06. The van der Waals surface area contributed by atoms with Gasteiger partial charge in [-0.05, 0) is 13.3 Å². The van der Waals surface area contributed by atoms with Crippen LogP contribution in [-0.2, 0) is 11.3 Å².